The van der Waals surface area contributed by atoms with Gasteiger partial charge in [-0.25, -0.2) is 0 Å². The Morgan fingerprint density at radius 1 is 1.30 bits per heavy atom. The standard InChI is InChI=1S/C16H24Cl2N2/c1-3-5-13-10-20(12(2)8-9-19-13)11-14-15(17)6-4-7-16(14)18/h4,6-7,12-13,19H,3,5,8-11H2,1-2H3. The molecule has 20 heavy (non-hydrogen) atoms. The third kappa shape index (κ3) is 4.11. The Morgan fingerprint density at radius 3 is 2.65 bits per heavy atom. The Labute approximate surface area is 132 Å². The molecule has 1 heterocycles. The van der Waals surface area contributed by atoms with E-state index < -0.39 is 0 Å². The molecule has 0 saturated carbocycles. The smallest absolute Gasteiger partial charge is 0.0465 e. The largest absolute Gasteiger partial charge is 0.313 e. The third-order valence-corrected chi connectivity index (χ3v) is 4.84. The highest BCUT2D eigenvalue weighted by Crippen LogP contribution is 2.27. The Morgan fingerprint density at radius 2 is 2.00 bits per heavy atom. The lowest BCUT2D eigenvalue weighted by Gasteiger charge is -2.29. The van der Waals surface area contributed by atoms with Gasteiger partial charge >= 0.3 is 0 Å². The van der Waals surface area contributed by atoms with Crippen molar-refractivity contribution in [1.82, 2.24) is 10.2 Å². The molecular formula is C16H24Cl2N2. The molecule has 1 saturated heterocycles. The van der Waals surface area contributed by atoms with Crippen molar-refractivity contribution in [2.75, 3.05) is 13.1 Å². The average Bonchev–Trinajstić information content (AvgIpc) is 2.57. The molecule has 2 rings (SSSR count). The van der Waals surface area contributed by atoms with Gasteiger partial charge < -0.3 is 5.32 Å². The molecule has 2 atom stereocenters. The van der Waals surface area contributed by atoms with E-state index in [1.807, 2.05) is 18.2 Å². The van der Waals surface area contributed by atoms with E-state index >= 15 is 0 Å². The van der Waals surface area contributed by atoms with Crippen LogP contribution in [-0.4, -0.2) is 30.1 Å². The lowest BCUT2D eigenvalue weighted by atomic mass is 10.1. The molecule has 0 aliphatic carbocycles. The van der Waals surface area contributed by atoms with E-state index in [0.717, 1.165) is 35.2 Å². The van der Waals surface area contributed by atoms with Gasteiger partial charge in [0.15, 0.2) is 0 Å². The first kappa shape index (κ1) is 16.1. The molecule has 1 N–H and O–H groups in total. The van der Waals surface area contributed by atoms with E-state index in [4.69, 9.17) is 23.2 Å². The molecule has 1 aromatic carbocycles. The zero-order valence-electron chi connectivity index (χ0n) is 12.3. The van der Waals surface area contributed by atoms with Crippen molar-refractivity contribution >= 4 is 23.2 Å². The van der Waals surface area contributed by atoms with Crippen molar-refractivity contribution < 1.29 is 0 Å². The monoisotopic (exact) mass is 314 g/mol. The molecule has 1 fully saturated rings. The van der Waals surface area contributed by atoms with Crippen molar-refractivity contribution in [2.24, 2.45) is 0 Å². The third-order valence-electron chi connectivity index (χ3n) is 4.13. The molecular weight excluding hydrogens is 291 g/mol. The highest BCUT2D eigenvalue weighted by Gasteiger charge is 2.23. The summed E-state index contributed by atoms with van der Waals surface area (Å²) >= 11 is 12.6. The van der Waals surface area contributed by atoms with Crippen molar-refractivity contribution in [2.45, 2.75) is 51.7 Å². The first-order chi connectivity index (χ1) is 9.61. The normalized spacial score (nSPS) is 24.6. The molecule has 0 spiro atoms. The lowest BCUT2D eigenvalue weighted by molar-refractivity contribution is 0.193. The zero-order valence-corrected chi connectivity index (χ0v) is 13.8. The minimum atomic E-state index is 0.552. The van der Waals surface area contributed by atoms with E-state index in [2.05, 4.69) is 24.1 Å². The van der Waals surface area contributed by atoms with E-state index in [1.165, 1.54) is 19.3 Å². The van der Waals surface area contributed by atoms with E-state index in [-0.39, 0.29) is 0 Å². The molecule has 0 aromatic heterocycles. The van der Waals surface area contributed by atoms with Crippen molar-refractivity contribution in [3.63, 3.8) is 0 Å². The number of nitrogens with one attached hydrogen (secondary N) is 1. The van der Waals surface area contributed by atoms with Crippen LogP contribution in [0.3, 0.4) is 0 Å². The summed E-state index contributed by atoms with van der Waals surface area (Å²) in [5.74, 6) is 0. The first-order valence-electron chi connectivity index (χ1n) is 7.52. The van der Waals surface area contributed by atoms with Gasteiger partial charge in [-0.05, 0) is 38.4 Å². The second-order valence-corrected chi connectivity index (χ2v) is 6.52. The number of benzene rings is 1. The van der Waals surface area contributed by atoms with Gasteiger partial charge in [0.1, 0.15) is 0 Å². The van der Waals surface area contributed by atoms with Gasteiger partial charge in [-0.2, -0.15) is 0 Å². The van der Waals surface area contributed by atoms with Crippen LogP contribution in [0, 0.1) is 0 Å². The summed E-state index contributed by atoms with van der Waals surface area (Å²) in [7, 11) is 0. The summed E-state index contributed by atoms with van der Waals surface area (Å²) in [5, 5.41) is 5.19. The van der Waals surface area contributed by atoms with E-state index in [1.54, 1.807) is 0 Å². The van der Waals surface area contributed by atoms with Gasteiger partial charge in [0.2, 0.25) is 0 Å². The Balaban J connectivity index is 2.12. The molecule has 1 aromatic rings. The summed E-state index contributed by atoms with van der Waals surface area (Å²) in [6.07, 6.45) is 3.61. The van der Waals surface area contributed by atoms with Crippen LogP contribution in [0.15, 0.2) is 18.2 Å². The Hall–Kier alpha value is -0.280. The molecule has 2 nitrogen and oxygen atoms in total. The number of rotatable bonds is 4. The molecule has 0 bridgehead atoms. The maximum absolute atomic E-state index is 6.31. The predicted molar refractivity (Wildman–Crippen MR) is 87.6 cm³/mol. The fourth-order valence-corrected chi connectivity index (χ4v) is 3.37. The van der Waals surface area contributed by atoms with Crippen LogP contribution < -0.4 is 5.32 Å². The number of halogens is 2. The maximum Gasteiger partial charge on any atom is 0.0465 e. The SMILES string of the molecule is CCCC1CN(Cc2c(Cl)cccc2Cl)C(C)CCN1. The summed E-state index contributed by atoms with van der Waals surface area (Å²) in [5.41, 5.74) is 1.06. The fraction of sp³-hybridized carbons (Fsp3) is 0.625. The van der Waals surface area contributed by atoms with Gasteiger partial charge in [-0.15, -0.1) is 0 Å². The van der Waals surface area contributed by atoms with Crippen molar-refractivity contribution in [3.05, 3.63) is 33.8 Å². The van der Waals surface area contributed by atoms with Crippen LogP contribution in [0.5, 0.6) is 0 Å². The second kappa shape index (κ2) is 7.65. The molecule has 0 amide bonds. The quantitative estimate of drug-likeness (QED) is 0.889. The summed E-state index contributed by atoms with van der Waals surface area (Å²) in [4.78, 5) is 2.51. The van der Waals surface area contributed by atoms with E-state index in [9.17, 15) is 0 Å². The molecule has 1 aliphatic heterocycles. The topological polar surface area (TPSA) is 15.3 Å². The van der Waals surface area contributed by atoms with Crippen LogP contribution >= 0.6 is 23.2 Å². The maximum atomic E-state index is 6.31. The Kier molecular flexibility index (Phi) is 6.16. The minimum absolute atomic E-state index is 0.552. The van der Waals surface area contributed by atoms with Crippen LogP contribution in [0.1, 0.15) is 38.7 Å². The second-order valence-electron chi connectivity index (χ2n) is 5.71. The molecule has 4 heteroatoms. The minimum Gasteiger partial charge on any atom is -0.313 e. The lowest BCUT2D eigenvalue weighted by Crippen LogP contribution is -2.39. The van der Waals surface area contributed by atoms with Crippen LogP contribution in [-0.2, 0) is 6.54 Å². The molecule has 112 valence electrons. The molecule has 2 unspecified atom stereocenters. The summed E-state index contributed by atoms with van der Waals surface area (Å²) < 4.78 is 0. The highest BCUT2D eigenvalue weighted by atomic mass is 35.5. The number of hydrogen-bond donors (Lipinski definition) is 1. The molecule has 1 aliphatic rings. The van der Waals surface area contributed by atoms with Crippen LogP contribution in [0.2, 0.25) is 10.0 Å². The number of nitrogens with zero attached hydrogens (tertiary/aromatic N) is 1. The Bertz CT molecular complexity index is 416. The van der Waals surface area contributed by atoms with Crippen molar-refractivity contribution in [3.8, 4) is 0 Å². The number of hydrogen-bond acceptors (Lipinski definition) is 2. The molecule has 0 radical (unpaired) electrons. The zero-order chi connectivity index (χ0) is 14.5. The van der Waals surface area contributed by atoms with Gasteiger partial charge in [0, 0.05) is 40.8 Å². The average molecular weight is 315 g/mol. The van der Waals surface area contributed by atoms with E-state index in [0.29, 0.717) is 12.1 Å². The van der Waals surface area contributed by atoms with Gasteiger partial charge in [0.25, 0.3) is 0 Å². The first-order valence-corrected chi connectivity index (χ1v) is 8.27. The summed E-state index contributed by atoms with van der Waals surface area (Å²) in [6.45, 7) is 7.53. The van der Waals surface area contributed by atoms with Crippen molar-refractivity contribution in [1.29, 1.82) is 0 Å². The van der Waals surface area contributed by atoms with Crippen LogP contribution in [0.4, 0.5) is 0 Å². The highest BCUT2D eigenvalue weighted by molar-refractivity contribution is 6.35. The van der Waals surface area contributed by atoms with Gasteiger partial charge in [-0.3, -0.25) is 4.90 Å². The predicted octanol–water partition coefficient (Wildman–Crippen LogP) is 4.35. The van der Waals surface area contributed by atoms with Crippen LogP contribution in [0.25, 0.3) is 0 Å². The fourth-order valence-electron chi connectivity index (χ4n) is 2.86. The van der Waals surface area contributed by atoms with Gasteiger partial charge in [0.05, 0.1) is 0 Å². The van der Waals surface area contributed by atoms with Gasteiger partial charge in [-0.1, -0.05) is 42.6 Å². The summed E-state index contributed by atoms with van der Waals surface area (Å²) in [6, 6.07) is 6.88.